The largest absolute Gasteiger partial charge is 0.457 e. The number of hydrogen-bond donors (Lipinski definition) is 4. The van der Waals surface area contributed by atoms with Crippen molar-refractivity contribution in [3.05, 3.63) is 120 Å². The number of rotatable bonds is 10. The number of nitrogens with one attached hydrogen (secondary N) is 3. The van der Waals surface area contributed by atoms with Gasteiger partial charge in [0, 0.05) is 41.5 Å². The Morgan fingerprint density at radius 1 is 0.782 bits per heavy atom. The second kappa shape index (κ2) is 17.4. The molecule has 290 valence electrons. The number of piperidine rings is 1. The summed E-state index contributed by atoms with van der Waals surface area (Å²) in [6.45, 7) is 6.69. The minimum atomic E-state index is -0.711. The third-order valence-electron chi connectivity index (χ3n) is 10.8. The van der Waals surface area contributed by atoms with Gasteiger partial charge in [-0.15, -0.1) is 0 Å². The molecule has 1 aliphatic carbocycles. The number of aliphatic hydroxyl groups is 1. The van der Waals surface area contributed by atoms with Crippen molar-refractivity contribution in [1.82, 2.24) is 10.2 Å². The molecule has 55 heavy (non-hydrogen) atoms. The van der Waals surface area contributed by atoms with E-state index in [2.05, 4.69) is 20.9 Å². The molecule has 4 aromatic rings. The number of aliphatic hydroxyl groups excluding tert-OH is 1. The van der Waals surface area contributed by atoms with Gasteiger partial charge in [-0.1, -0.05) is 67.4 Å². The zero-order valence-electron chi connectivity index (χ0n) is 32.1. The van der Waals surface area contributed by atoms with Gasteiger partial charge >= 0.3 is 6.03 Å². The predicted molar refractivity (Wildman–Crippen MR) is 214 cm³/mol. The SMILES string of the molecule is CC(C)(C)NC(=O)C1CCC2CCCCC2N1CC1CC(c2ccc(CO)cc2)OC(c2cccc(NC(=O)Nc3ccc(Oc4ccccc4)cc3)c2)O1. The highest BCUT2D eigenvalue weighted by atomic mass is 16.7. The van der Waals surface area contributed by atoms with Crippen LogP contribution in [-0.2, 0) is 20.9 Å². The van der Waals surface area contributed by atoms with E-state index < -0.39 is 6.29 Å². The zero-order valence-corrected chi connectivity index (χ0v) is 32.1. The van der Waals surface area contributed by atoms with Gasteiger partial charge in [-0.3, -0.25) is 9.69 Å². The summed E-state index contributed by atoms with van der Waals surface area (Å²) in [5, 5.41) is 18.8. The maximum absolute atomic E-state index is 13.8. The average Bonchev–Trinajstić information content (AvgIpc) is 3.18. The first-order chi connectivity index (χ1) is 26.6. The Labute approximate surface area is 324 Å². The molecule has 6 atom stereocenters. The first-order valence-corrected chi connectivity index (χ1v) is 19.7. The molecule has 10 nitrogen and oxygen atoms in total. The van der Waals surface area contributed by atoms with Crippen LogP contribution in [0.25, 0.3) is 0 Å². The highest BCUT2D eigenvalue weighted by Gasteiger charge is 2.44. The Bertz CT molecular complexity index is 1880. The van der Waals surface area contributed by atoms with Crippen molar-refractivity contribution in [3.63, 3.8) is 0 Å². The Morgan fingerprint density at radius 2 is 1.51 bits per heavy atom. The van der Waals surface area contributed by atoms with Gasteiger partial charge in [0.2, 0.25) is 5.91 Å². The Balaban J connectivity index is 1.08. The minimum absolute atomic E-state index is 0.0307. The summed E-state index contributed by atoms with van der Waals surface area (Å²) in [5.74, 6) is 2.08. The molecule has 0 spiro atoms. The number of fused-ring (bicyclic) bond motifs is 1. The lowest BCUT2D eigenvalue weighted by Gasteiger charge is -2.50. The number of urea groups is 1. The number of carbonyl (C=O) groups excluding carboxylic acids is 2. The fourth-order valence-electron chi connectivity index (χ4n) is 8.28. The van der Waals surface area contributed by atoms with Crippen LogP contribution in [0.1, 0.15) is 94.8 Å². The monoisotopic (exact) mass is 746 g/mol. The molecular formula is C45H54N4O6. The standard InChI is InChI=1S/C45H54N4O6/c1-45(2,3)48-42(51)40-25-20-31-10-7-8-15-39(31)49(40)28-38-27-41(32-18-16-30(29-50)17-19-32)55-43(54-38)33-11-9-12-35(26-33)47-44(52)46-34-21-23-37(24-22-34)53-36-13-5-4-6-14-36/h4-6,9,11-14,16-19,21-24,26,31,38-41,43,50H,7-8,10,15,20,25,27-29H2,1-3H3,(H,48,51)(H2,46,47,52). The maximum Gasteiger partial charge on any atom is 0.323 e. The van der Waals surface area contributed by atoms with E-state index in [4.69, 9.17) is 14.2 Å². The fraction of sp³-hybridized carbons (Fsp3) is 0.422. The molecular weight excluding hydrogens is 693 g/mol. The number of ether oxygens (including phenoxy) is 3. The minimum Gasteiger partial charge on any atom is -0.457 e. The second-order valence-electron chi connectivity index (χ2n) is 16.1. The summed E-state index contributed by atoms with van der Waals surface area (Å²) in [6, 6.07) is 31.9. The summed E-state index contributed by atoms with van der Waals surface area (Å²) in [6.07, 6.45) is 6.02. The van der Waals surface area contributed by atoms with E-state index in [0.717, 1.165) is 41.7 Å². The van der Waals surface area contributed by atoms with E-state index in [-0.39, 0.29) is 42.3 Å². The molecule has 4 N–H and O–H groups in total. The Morgan fingerprint density at radius 3 is 2.25 bits per heavy atom. The maximum atomic E-state index is 13.8. The van der Waals surface area contributed by atoms with Crippen LogP contribution >= 0.6 is 0 Å². The smallest absolute Gasteiger partial charge is 0.323 e. The summed E-state index contributed by atoms with van der Waals surface area (Å²) in [7, 11) is 0. The van der Waals surface area contributed by atoms with Crippen molar-refractivity contribution in [2.75, 3.05) is 17.2 Å². The Hall–Kier alpha value is -4.74. The third kappa shape index (κ3) is 10.1. The van der Waals surface area contributed by atoms with Crippen molar-refractivity contribution in [3.8, 4) is 11.5 Å². The summed E-state index contributed by atoms with van der Waals surface area (Å²) in [5.41, 5.74) is 3.51. The van der Waals surface area contributed by atoms with Crippen molar-refractivity contribution in [1.29, 1.82) is 0 Å². The lowest BCUT2D eigenvalue weighted by Crippen LogP contribution is -2.61. The average molecular weight is 747 g/mol. The highest BCUT2D eigenvalue weighted by molar-refractivity contribution is 5.99. The molecule has 3 aliphatic rings. The van der Waals surface area contributed by atoms with Gasteiger partial charge in [0.25, 0.3) is 0 Å². The lowest BCUT2D eigenvalue weighted by molar-refractivity contribution is -0.255. The van der Waals surface area contributed by atoms with Gasteiger partial charge in [-0.25, -0.2) is 4.79 Å². The number of likely N-dealkylation sites (tertiary alicyclic amines) is 1. The number of nitrogens with zero attached hydrogens (tertiary/aromatic N) is 1. The number of benzene rings is 4. The van der Waals surface area contributed by atoms with E-state index >= 15 is 0 Å². The first-order valence-electron chi connectivity index (χ1n) is 19.7. The van der Waals surface area contributed by atoms with E-state index in [1.807, 2.05) is 112 Å². The molecule has 6 unspecified atom stereocenters. The van der Waals surface area contributed by atoms with Crippen LogP contribution in [0.15, 0.2) is 103 Å². The van der Waals surface area contributed by atoms with Gasteiger partial charge in [0.1, 0.15) is 11.5 Å². The van der Waals surface area contributed by atoms with Crippen molar-refractivity contribution >= 4 is 23.3 Å². The lowest BCUT2D eigenvalue weighted by atomic mass is 9.75. The molecule has 0 aromatic heterocycles. The molecule has 2 saturated heterocycles. The quantitative estimate of drug-likeness (QED) is 0.128. The van der Waals surface area contributed by atoms with Crippen LogP contribution < -0.4 is 20.7 Å². The number of hydrogen-bond acceptors (Lipinski definition) is 7. The molecule has 7 rings (SSSR count). The van der Waals surface area contributed by atoms with E-state index in [1.54, 1.807) is 12.1 Å². The van der Waals surface area contributed by atoms with E-state index in [9.17, 15) is 14.7 Å². The van der Waals surface area contributed by atoms with Gasteiger partial charge < -0.3 is 35.3 Å². The van der Waals surface area contributed by atoms with Gasteiger partial charge in [-0.05, 0) is 112 Å². The topological polar surface area (TPSA) is 121 Å². The number of anilines is 2. The number of para-hydroxylation sites is 1. The molecule has 1 saturated carbocycles. The number of amides is 3. The van der Waals surface area contributed by atoms with Crippen LogP contribution in [0.2, 0.25) is 0 Å². The summed E-state index contributed by atoms with van der Waals surface area (Å²) >= 11 is 0. The van der Waals surface area contributed by atoms with Crippen LogP contribution in [-0.4, -0.2) is 52.2 Å². The molecule has 2 heterocycles. The fourth-order valence-corrected chi connectivity index (χ4v) is 8.28. The molecule has 0 bridgehead atoms. The van der Waals surface area contributed by atoms with Crippen LogP contribution in [0.4, 0.5) is 16.2 Å². The van der Waals surface area contributed by atoms with Crippen LogP contribution in [0, 0.1) is 5.92 Å². The zero-order chi connectivity index (χ0) is 38.4. The second-order valence-corrected chi connectivity index (χ2v) is 16.1. The molecule has 3 amide bonds. The molecule has 2 aliphatic heterocycles. The molecule has 3 fully saturated rings. The van der Waals surface area contributed by atoms with E-state index in [0.29, 0.717) is 42.0 Å². The van der Waals surface area contributed by atoms with Gasteiger partial charge in [0.05, 0.1) is 24.9 Å². The Kier molecular flexibility index (Phi) is 12.2. The van der Waals surface area contributed by atoms with Gasteiger partial charge in [0.15, 0.2) is 6.29 Å². The summed E-state index contributed by atoms with van der Waals surface area (Å²) < 4.78 is 19.4. The van der Waals surface area contributed by atoms with Gasteiger partial charge in [-0.2, -0.15) is 0 Å². The molecule has 4 aromatic carbocycles. The van der Waals surface area contributed by atoms with Crippen molar-refractivity contribution in [2.24, 2.45) is 5.92 Å². The van der Waals surface area contributed by atoms with Crippen molar-refractivity contribution < 1.29 is 28.9 Å². The van der Waals surface area contributed by atoms with Crippen LogP contribution in [0.5, 0.6) is 11.5 Å². The third-order valence-corrected chi connectivity index (χ3v) is 10.8. The molecule has 0 radical (unpaired) electrons. The summed E-state index contributed by atoms with van der Waals surface area (Å²) in [4.78, 5) is 29.4. The van der Waals surface area contributed by atoms with Crippen molar-refractivity contribution in [2.45, 2.75) is 108 Å². The first kappa shape index (κ1) is 38.5. The van der Waals surface area contributed by atoms with E-state index in [1.165, 1.54) is 19.3 Å². The molecule has 10 heteroatoms. The highest BCUT2D eigenvalue weighted by Crippen LogP contribution is 2.42. The normalized spacial score (nSPS) is 24.3. The van der Waals surface area contributed by atoms with Crippen LogP contribution in [0.3, 0.4) is 0 Å². The number of carbonyl (C=O) groups is 2. The predicted octanol–water partition coefficient (Wildman–Crippen LogP) is 9.10.